The standard InChI is InChI=1S/C12H20ClN3O/c1-5-6-10-14-15-11(13)16(10)8-7-9(17-4)12(8,2)3/h8-9H,5-7H2,1-4H3. The van der Waals surface area contributed by atoms with Crippen molar-refractivity contribution in [2.75, 3.05) is 7.11 Å². The maximum atomic E-state index is 6.15. The summed E-state index contributed by atoms with van der Waals surface area (Å²) >= 11 is 6.15. The summed E-state index contributed by atoms with van der Waals surface area (Å²) in [7, 11) is 1.77. The highest BCUT2D eigenvalue weighted by atomic mass is 35.5. The number of halogens is 1. The van der Waals surface area contributed by atoms with E-state index >= 15 is 0 Å². The quantitative estimate of drug-likeness (QED) is 0.833. The average Bonchev–Trinajstić information content (AvgIpc) is 2.61. The van der Waals surface area contributed by atoms with Crippen molar-refractivity contribution >= 4 is 11.6 Å². The van der Waals surface area contributed by atoms with Crippen molar-refractivity contribution < 1.29 is 4.74 Å². The Kier molecular flexibility index (Phi) is 3.46. The number of hydrogen-bond donors (Lipinski definition) is 0. The van der Waals surface area contributed by atoms with Gasteiger partial charge in [0.25, 0.3) is 0 Å². The Balaban J connectivity index is 2.27. The van der Waals surface area contributed by atoms with E-state index in [4.69, 9.17) is 16.3 Å². The van der Waals surface area contributed by atoms with Gasteiger partial charge in [0.05, 0.1) is 6.10 Å². The fraction of sp³-hybridized carbons (Fsp3) is 0.833. The molecule has 2 atom stereocenters. The average molecular weight is 258 g/mol. The van der Waals surface area contributed by atoms with Gasteiger partial charge in [-0.1, -0.05) is 20.8 Å². The van der Waals surface area contributed by atoms with E-state index in [1.807, 2.05) is 0 Å². The van der Waals surface area contributed by atoms with Crippen LogP contribution in [0, 0.1) is 5.41 Å². The Morgan fingerprint density at radius 3 is 2.71 bits per heavy atom. The molecule has 0 saturated heterocycles. The Morgan fingerprint density at radius 2 is 2.18 bits per heavy atom. The third-order valence-corrected chi connectivity index (χ3v) is 4.18. The molecule has 0 aromatic carbocycles. The van der Waals surface area contributed by atoms with Crippen LogP contribution in [0.5, 0.6) is 0 Å². The number of ether oxygens (including phenoxy) is 1. The molecule has 1 aromatic rings. The van der Waals surface area contributed by atoms with Crippen molar-refractivity contribution in [1.29, 1.82) is 0 Å². The highest BCUT2D eigenvalue weighted by Gasteiger charge is 2.50. The van der Waals surface area contributed by atoms with Gasteiger partial charge in [0.1, 0.15) is 5.82 Å². The normalized spacial score (nSPS) is 26.9. The van der Waals surface area contributed by atoms with E-state index in [9.17, 15) is 0 Å². The Morgan fingerprint density at radius 1 is 1.47 bits per heavy atom. The molecule has 0 amide bonds. The first kappa shape index (κ1) is 12.8. The highest BCUT2D eigenvalue weighted by Crippen LogP contribution is 2.52. The lowest BCUT2D eigenvalue weighted by Crippen LogP contribution is -2.51. The molecule has 1 aliphatic carbocycles. The summed E-state index contributed by atoms with van der Waals surface area (Å²) in [5.41, 5.74) is 0.0866. The lowest BCUT2D eigenvalue weighted by Gasteiger charge is -2.51. The largest absolute Gasteiger partial charge is 0.381 e. The smallest absolute Gasteiger partial charge is 0.225 e. The molecular weight excluding hydrogens is 238 g/mol. The fourth-order valence-electron chi connectivity index (χ4n) is 2.71. The van der Waals surface area contributed by atoms with E-state index in [1.165, 1.54) is 0 Å². The molecule has 17 heavy (non-hydrogen) atoms. The van der Waals surface area contributed by atoms with Gasteiger partial charge in [-0.2, -0.15) is 0 Å². The lowest BCUT2D eigenvalue weighted by atomic mass is 9.64. The molecule has 4 nitrogen and oxygen atoms in total. The molecule has 0 aliphatic heterocycles. The van der Waals surface area contributed by atoms with Crippen molar-refractivity contribution in [1.82, 2.24) is 14.8 Å². The molecule has 1 saturated carbocycles. The van der Waals surface area contributed by atoms with E-state index < -0.39 is 0 Å². The summed E-state index contributed by atoms with van der Waals surface area (Å²) in [6.07, 6.45) is 3.25. The molecule has 2 rings (SSSR count). The van der Waals surface area contributed by atoms with E-state index in [0.29, 0.717) is 17.4 Å². The molecule has 0 N–H and O–H groups in total. The summed E-state index contributed by atoms with van der Waals surface area (Å²) in [6, 6.07) is 0.344. The van der Waals surface area contributed by atoms with Gasteiger partial charge in [-0.05, 0) is 24.4 Å². The predicted molar refractivity (Wildman–Crippen MR) is 67.3 cm³/mol. The summed E-state index contributed by atoms with van der Waals surface area (Å²) in [4.78, 5) is 0. The third kappa shape index (κ3) is 1.97. The Labute approximate surface area is 107 Å². The monoisotopic (exact) mass is 257 g/mol. The van der Waals surface area contributed by atoms with Crippen LogP contribution in [0.25, 0.3) is 0 Å². The predicted octanol–water partition coefficient (Wildman–Crippen LogP) is 2.87. The van der Waals surface area contributed by atoms with Crippen LogP contribution in [0.2, 0.25) is 5.28 Å². The Bertz CT molecular complexity index is 402. The van der Waals surface area contributed by atoms with Crippen LogP contribution in [0.15, 0.2) is 0 Å². The number of nitrogens with zero attached hydrogens (tertiary/aromatic N) is 3. The van der Waals surface area contributed by atoms with E-state index in [1.54, 1.807) is 7.11 Å². The van der Waals surface area contributed by atoms with Crippen LogP contribution in [-0.4, -0.2) is 28.0 Å². The van der Waals surface area contributed by atoms with Crippen LogP contribution in [0.4, 0.5) is 0 Å². The summed E-state index contributed by atoms with van der Waals surface area (Å²) in [5, 5.41) is 8.66. The highest BCUT2D eigenvalue weighted by molar-refractivity contribution is 6.28. The molecule has 1 aromatic heterocycles. The van der Waals surface area contributed by atoms with Crippen molar-refractivity contribution in [2.45, 2.75) is 52.2 Å². The Hall–Kier alpha value is -0.610. The molecule has 1 aliphatic rings. The maximum Gasteiger partial charge on any atom is 0.225 e. The van der Waals surface area contributed by atoms with Crippen LogP contribution in [-0.2, 0) is 11.2 Å². The number of rotatable bonds is 4. The van der Waals surface area contributed by atoms with Crippen molar-refractivity contribution in [3.8, 4) is 0 Å². The van der Waals surface area contributed by atoms with E-state index in [2.05, 4.69) is 35.5 Å². The van der Waals surface area contributed by atoms with Gasteiger partial charge in [-0.15, -0.1) is 10.2 Å². The van der Waals surface area contributed by atoms with Gasteiger partial charge in [-0.25, -0.2) is 0 Å². The molecule has 96 valence electrons. The third-order valence-electron chi connectivity index (χ3n) is 3.92. The zero-order chi connectivity index (χ0) is 12.6. The van der Waals surface area contributed by atoms with E-state index in [0.717, 1.165) is 25.1 Å². The SMILES string of the molecule is CCCc1nnc(Cl)n1C1CC(OC)C1(C)C. The topological polar surface area (TPSA) is 39.9 Å². The van der Waals surface area contributed by atoms with Crippen LogP contribution in [0.3, 0.4) is 0 Å². The van der Waals surface area contributed by atoms with Crippen LogP contribution in [0.1, 0.15) is 45.5 Å². The molecule has 1 fully saturated rings. The number of methoxy groups -OCH3 is 1. The summed E-state index contributed by atoms with van der Waals surface area (Å²) in [6.45, 7) is 6.56. The molecular formula is C12H20ClN3O. The van der Waals surface area contributed by atoms with Gasteiger partial charge >= 0.3 is 0 Å². The molecule has 1 heterocycles. The maximum absolute atomic E-state index is 6.15. The zero-order valence-electron chi connectivity index (χ0n) is 10.9. The second-order valence-electron chi connectivity index (χ2n) is 5.30. The van der Waals surface area contributed by atoms with Crippen molar-refractivity contribution in [3.05, 3.63) is 11.1 Å². The minimum absolute atomic E-state index is 0.0866. The summed E-state index contributed by atoms with van der Waals surface area (Å²) in [5.74, 6) is 0.991. The van der Waals surface area contributed by atoms with Crippen molar-refractivity contribution in [2.24, 2.45) is 5.41 Å². The van der Waals surface area contributed by atoms with Crippen LogP contribution >= 0.6 is 11.6 Å². The fourth-order valence-corrected chi connectivity index (χ4v) is 2.96. The first-order valence-corrected chi connectivity index (χ1v) is 6.52. The van der Waals surface area contributed by atoms with Gasteiger partial charge in [0.15, 0.2) is 0 Å². The van der Waals surface area contributed by atoms with E-state index in [-0.39, 0.29) is 5.41 Å². The minimum atomic E-state index is 0.0866. The minimum Gasteiger partial charge on any atom is -0.381 e. The van der Waals surface area contributed by atoms with Gasteiger partial charge in [0.2, 0.25) is 5.28 Å². The molecule has 0 radical (unpaired) electrons. The summed E-state index contributed by atoms with van der Waals surface area (Å²) < 4.78 is 7.56. The second kappa shape index (κ2) is 4.58. The second-order valence-corrected chi connectivity index (χ2v) is 5.64. The van der Waals surface area contributed by atoms with Gasteiger partial charge in [-0.3, -0.25) is 4.57 Å². The number of aromatic nitrogens is 3. The molecule has 0 spiro atoms. The van der Waals surface area contributed by atoms with Crippen LogP contribution < -0.4 is 0 Å². The molecule has 5 heteroatoms. The van der Waals surface area contributed by atoms with Gasteiger partial charge < -0.3 is 4.74 Å². The van der Waals surface area contributed by atoms with Crippen molar-refractivity contribution in [3.63, 3.8) is 0 Å². The number of hydrogen-bond acceptors (Lipinski definition) is 3. The van der Waals surface area contributed by atoms with Gasteiger partial charge in [0, 0.05) is 25.0 Å². The first-order valence-electron chi connectivity index (χ1n) is 6.14. The lowest BCUT2D eigenvalue weighted by molar-refractivity contribution is -0.113. The first-order chi connectivity index (χ1) is 8.02. The number of aryl methyl sites for hydroxylation is 1. The molecule has 2 unspecified atom stereocenters. The molecule has 0 bridgehead atoms. The zero-order valence-corrected chi connectivity index (χ0v) is 11.7.